The Kier molecular flexibility index (Phi) is 4.52. The largest absolute Gasteiger partial charge is 0.416 e. The fourth-order valence-corrected chi connectivity index (χ4v) is 2.36. The molecule has 0 spiro atoms. The summed E-state index contributed by atoms with van der Waals surface area (Å²) in [5, 5.41) is 4.51. The third-order valence-corrected chi connectivity index (χ3v) is 3.60. The predicted molar refractivity (Wildman–Crippen MR) is 90.9 cm³/mol. The Morgan fingerprint density at radius 2 is 1.80 bits per heavy atom. The molecule has 1 amide bonds. The van der Waals surface area contributed by atoms with E-state index in [1.54, 1.807) is 30.6 Å². The van der Waals surface area contributed by atoms with E-state index in [-0.39, 0.29) is 5.91 Å². The molecule has 0 saturated carbocycles. The summed E-state index contributed by atoms with van der Waals surface area (Å²) in [6.07, 6.45) is 1.70. The van der Waals surface area contributed by atoms with Crippen molar-refractivity contribution in [1.82, 2.24) is 4.98 Å². The van der Waals surface area contributed by atoms with Crippen molar-refractivity contribution in [1.29, 1.82) is 0 Å². The fraction of sp³-hybridized carbons (Fsp3) is 0.0526. The molecule has 3 aromatic rings. The quantitative estimate of drug-likeness (QED) is 0.688. The number of carbonyl (C=O) groups excluding carboxylic acids is 1. The molecule has 0 saturated heterocycles. The molecule has 0 bridgehead atoms. The van der Waals surface area contributed by atoms with Crippen LogP contribution >= 0.6 is 0 Å². The number of fused-ring (bicyclic) bond motifs is 1. The van der Waals surface area contributed by atoms with Gasteiger partial charge in [-0.15, -0.1) is 0 Å². The summed E-state index contributed by atoms with van der Waals surface area (Å²) >= 11 is 0. The molecule has 3 rings (SSSR count). The minimum absolute atomic E-state index is 0.371. The molecule has 0 aliphatic rings. The van der Waals surface area contributed by atoms with E-state index in [9.17, 15) is 18.0 Å². The number of anilines is 1. The number of aromatic nitrogens is 1. The zero-order valence-electron chi connectivity index (χ0n) is 12.9. The zero-order chi connectivity index (χ0) is 17.9. The lowest BCUT2D eigenvalue weighted by Gasteiger charge is -2.07. The van der Waals surface area contributed by atoms with Gasteiger partial charge in [-0.2, -0.15) is 13.2 Å². The van der Waals surface area contributed by atoms with Crippen LogP contribution in [0, 0.1) is 0 Å². The summed E-state index contributed by atoms with van der Waals surface area (Å²) in [6, 6.07) is 11.9. The Bertz CT molecular complexity index is 926. The normalized spacial score (nSPS) is 11.8. The van der Waals surface area contributed by atoms with Gasteiger partial charge in [-0.05, 0) is 35.9 Å². The van der Waals surface area contributed by atoms with Gasteiger partial charge in [0.25, 0.3) is 0 Å². The first-order chi connectivity index (χ1) is 11.9. The van der Waals surface area contributed by atoms with Gasteiger partial charge in [0.05, 0.1) is 5.56 Å². The van der Waals surface area contributed by atoms with Crippen LogP contribution in [0.2, 0.25) is 0 Å². The van der Waals surface area contributed by atoms with E-state index < -0.39 is 11.7 Å². The van der Waals surface area contributed by atoms with Crippen LogP contribution in [0.1, 0.15) is 11.1 Å². The van der Waals surface area contributed by atoms with Crippen molar-refractivity contribution in [2.24, 2.45) is 0 Å². The number of alkyl halides is 3. The average molecular weight is 342 g/mol. The molecule has 0 unspecified atom stereocenters. The molecule has 0 aliphatic heterocycles. The second-order valence-electron chi connectivity index (χ2n) is 5.34. The first-order valence-corrected chi connectivity index (χ1v) is 7.42. The van der Waals surface area contributed by atoms with Crippen molar-refractivity contribution in [3.63, 3.8) is 0 Å². The van der Waals surface area contributed by atoms with Crippen molar-refractivity contribution >= 4 is 28.4 Å². The summed E-state index contributed by atoms with van der Waals surface area (Å²) < 4.78 is 37.6. The molecule has 0 fully saturated rings. The smallest absolute Gasteiger partial charge is 0.322 e. The Morgan fingerprint density at radius 1 is 1.04 bits per heavy atom. The highest BCUT2D eigenvalue weighted by molar-refractivity contribution is 6.07. The number of hydrogen-bond donors (Lipinski definition) is 1. The van der Waals surface area contributed by atoms with Crippen molar-refractivity contribution in [2.45, 2.75) is 6.18 Å². The second kappa shape index (κ2) is 6.76. The predicted octanol–water partition coefficient (Wildman–Crippen LogP) is 4.91. The topological polar surface area (TPSA) is 42.0 Å². The highest BCUT2D eigenvalue weighted by atomic mass is 19.4. The monoisotopic (exact) mass is 342 g/mol. The third kappa shape index (κ3) is 4.03. The molecule has 1 heterocycles. The van der Waals surface area contributed by atoms with E-state index in [1.165, 1.54) is 24.3 Å². The van der Waals surface area contributed by atoms with Crippen LogP contribution in [0.4, 0.5) is 18.9 Å². The minimum atomic E-state index is -4.37. The molecule has 1 aromatic heterocycles. The lowest BCUT2D eigenvalue weighted by Crippen LogP contribution is -2.08. The molecule has 2 aromatic carbocycles. The maximum Gasteiger partial charge on any atom is 0.416 e. The number of halogens is 3. The van der Waals surface area contributed by atoms with Crippen LogP contribution in [-0.2, 0) is 11.0 Å². The molecule has 6 heteroatoms. The molecular weight excluding hydrogens is 329 g/mol. The number of pyridine rings is 1. The van der Waals surface area contributed by atoms with Crippen LogP contribution in [0.25, 0.3) is 16.8 Å². The SMILES string of the molecule is O=C(C=Cc1ccc(C(F)(F)F)cc1)Nc1cccc2cnccc12. The number of amides is 1. The molecular formula is C19H13F3N2O. The summed E-state index contributed by atoms with van der Waals surface area (Å²) in [6.45, 7) is 0. The van der Waals surface area contributed by atoms with Gasteiger partial charge < -0.3 is 5.32 Å². The van der Waals surface area contributed by atoms with Crippen molar-refractivity contribution in [3.05, 3.63) is 78.1 Å². The van der Waals surface area contributed by atoms with E-state index >= 15 is 0 Å². The molecule has 0 atom stereocenters. The van der Waals surface area contributed by atoms with Gasteiger partial charge in [-0.25, -0.2) is 0 Å². The van der Waals surface area contributed by atoms with Gasteiger partial charge in [0.15, 0.2) is 0 Å². The van der Waals surface area contributed by atoms with E-state index in [1.807, 2.05) is 6.07 Å². The summed E-state index contributed by atoms with van der Waals surface area (Å²) in [7, 11) is 0. The van der Waals surface area contributed by atoms with E-state index in [0.717, 1.165) is 22.9 Å². The van der Waals surface area contributed by atoms with Crippen molar-refractivity contribution in [3.8, 4) is 0 Å². The van der Waals surface area contributed by atoms with Crippen LogP contribution in [0.3, 0.4) is 0 Å². The first kappa shape index (κ1) is 16.7. The number of rotatable bonds is 3. The van der Waals surface area contributed by atoms with Gasteiger partial charge >= 0.3 is 6.18 Å². The Labute approximate surface area is 141 Å². The Morgan fingerprint density at radius 3 is 2.52 bits per heavy atom. The highest BCUT2D eigenvalue weighted by Gasteiger charge is 2.29. The first-order valence-electron chi connectivity index (χ1n) is 7.42. The lowest BCUT2D eigenvalue weighted by molar-refractivity contribution is -0.137. The van der Waals surface area contributed by atoms with Gasteiger partial charge in [0, 0.05) is 34.9 Å². The van der Waals surface area contributed by atoms with Crippen LogP contribution in [-0.4, -0.2) is 10.9 Å². The maximum atomic E-state index is 12.5. The van der Waals surface area contributed by atoms with Crippen molar-refractivity contribution < 1.29 is 18.0 Å². The van der Waals surface area contributed by atoms with Gasteiger partial charge in [-0.1, -0.05) is 24.3 Å². The Balaban J connectivity index is 1.73. The zero-order valence-corrected chi connectivity index (χ0v) is 12.9. The number of hydrogen-bond acceptors (Lipinski definition) is 2. The van der Waals surface area contributed by atoms with E-state index in [4.69, 9.17) is 0 Å². The molecule has 3 nitrogen and oxygen atoms in total. The standard InChI is InChI=1S/C19H13F3N2O/c20-19(21,22)15-7-4-13(5-8-15)6-9-18(25)24-17-3-1-2-14-12-23-11-10-16(14)17/h1-12H,(H,24,25). The van der Waals surface area contributed by atoms with Crippen LogP contribution in [0.15, 0.2) is 67.0 Å². The van der Waals surface area contributed by atoms with Gasteiger partial charge in [-0.3, -0.25) is 9.78 Å². The van der Waals surface area contributed by atoms with Gasteiger partial charge in [0.2, 0.25) is 5.91 Å². The van der Waals surface area contributed by atoms with Gasteiger partial charge in [0.1, 0.15) is 0 Å². The number of nitrogens with zero attached hydrogens (tertiary/aromatic N) is 1. The molecule has 1 N–H and O–H groups in total. The molecule has 126 valence electrons. The second-order valence-corrected chi connectivity index (χ2v) is 5.34. The highest BCUT2D eigenvalue weighted by Crippen LogP contribution is 2.29. The summed E-state index contributed by atoms with van der Waals surface area (Å²) in [4.78, 5) is 16.1. The fourth-order valence-electron chi connectivity index (χ4n) is 2.36. The summed E-state index contributed by atoms with van der Waals surface area (Å²) in [5.74, 6) is -0.371. The molecule has 0 aliphatic carbocycles. The molecule has 0 radical (unpaired) electrons. The van der Waals surface area contributed by atoms with Crippen molar-refractivity contribution in [2.75, 3.05) is 5.32 Å². The maximum absolute atomic E-state index is 12.5. The summed E-state index contributed by atoms with van der Waals surface area (Å²) in [5.41, 5.74) is 0.422. The number of benzene rings is 2. The van der Waals surface area contributed by atoms with E-state index in [0.29, 0.717) is 11.3 Å². The lowest BCUT2D eigenvalue weighted by atomic mass is 10.1. The Hall–Kier alpha value is -3.15. The minimum Gasteiger partial charge on any atom is -0.322 e. The number of nitrogens with one attached hydrogen (secondary N) is 1. The molecule has 25 heavy (non-hydrogen) atoms. The third-order valence-electron chi connectivity index (χ3n) is 3.60. The average Bonchev–Trinajstić information content (AvgIpc) is 2.60. The number of carbonyl (C=O) groups is 1. The van der Waals surface area contributed by atoms with E-state index in [2.05, 4.69) is 10.3 Å². The van der Waals surface area contributed by atoms with Crippen LogP contribution in [0.5, 0.6) is 0 Å². The van der Waals surface area contributed by atoms with Crippen LogP contribution < -0.4 is 5.32 Å².